The summed E-state index contributed by atoms with van der Waals surface area (Å²) in [5, 5.41) is 3.20. The zero-order chi connectivity index (χ0) is 15.4. The highest BCUT2D eigenvalue weighted by molar-refractivity contribution is 5.85. The average Bonchev–Trinajstić information content (AvgIpc) is 2.45. The van der Waals surface area contributed by atoms with E-state index in [1.807, 2.05) is 6.07 Å². The maximum Gasteiger partial charge on any atom is 0.237 e. The largest absolute Gasteiger partial charge is 0.348 e. The molecule has 1 aromatic rings. The van der Waals surface area contributed by atoms with E-state index >= 15 is 0 Å². The third-order valence-corrected chi connectivity index (χ3v) is 4.68. The molecule has 3 unspecified atom stereocenters. The summed E-state index contributed by atoms with van der Waals surface area (Å²) in [5.74, 6) is 1.20. The average molecular weight is 325 g/mol. The molecular weight excluding hydrogens is 296 g/mol. The second kappa shape index (κ2) is 8.54. The van der Waals surface area contributed by atoms with Crippen molar-refractivity contribution in [2.45, 2.75) is 58.5 Å². The number of benzene rings is 1. The Morgan fingerprint density at radius 1 is 1.32 bits per heavy atom. The van der Waals surface area contributed by atoms with Crippen LogP contribution >= 0.6 is 12.4 Å². The lowest BCUT2D eigenvalue weighted by molar-refractivity contribution is -0.123. The molecule has 1 aliphatic rings. The number of amides is 1. The molecule has 1 aliphatic carbocycles. The molecule has 0 heterocycles. The Morgan fingerprint density at radius 2 is 2.00 bits per heavy atom. The van der Waals surface area contributed by atoms with Gasteiger partial charge in [0.1, 0.15) is 0 Å². The summed E-state index contributed by atoms with van der Waals surface area (Å²) in [4.78, 5) is 12.1. The fourth-order valence-corrected chi connectivity index (χ4v) is 3.45. The molecule has 0 spiro atoms. The molecule has 4 atom stereocenters. The number of rotatable bonds is 4. The Labute approximate surface area is 140 Å². The van der Waals surface area contributed by atoms with E-state index in [0.29, 0.717) is 5.92 Å². The SMILES string of the molecule is Cc1ccccc1C(NC(=O)[C@H](C)N)C1CCCC(C)C1.Cl. The summed E-state index contributed by atoms with van der Waals surface area (Å²) < 4.78 is 0. The van der Waals surface area contributed by atoms with E-state index in [4.69, 9.17) is 5.73 Å². The van der Waals surface area contributed by atoms with Crippen molar-refractivity contribution >= 4 is 18.3 Å². The maximum absolute atomic E-state index is 12.1. The molecule has 0 aliphatic heterocycles. The second-order valence-corrected chi connectivity index (χ2v) is 6.66. The first-order valence-electron chi connectivity index (χ1n) is 8.10. The van der Waals surface area contributed by atoms with Gasteiger partial charge in [-0.1, -0.05) is 44.0 Å². The molecule has 0 saturated heterocycles. The third-order valence-electron chi connectivity index (χ3n) is 4.68. The third kappa shape index (κ3) is 4.72. The van der Waals surface area contributed by atoms with Crippen molar-refractivity contribution in [3.05, 3.63) is 35.4 Å². The van der Waals surface area contributed by atoms with Gasteiger partial charge in [-0.15, -0.1) is 12.4 Å². The van der Waals surface area contributed by atoms with Crippen molar-refractivity contribution in [3.63, 3.8) is 0 Å². The first kappa shape index (κ1) is 19.0. The van der Waals surface area contributed by atoms with Crippen LogP contribution < -0.4 is 11.1 Å². The van der Waals surface area contributed by atoms with Gasteiger partial charge in [0, 0.05) is 0 Å². The number of nitrogens with two attached hydrogens (primary N) is 1. The van der Waals surface area contributed by atoms with E-state index in [-0.39, 0.29) is 24.4 Å². The minimum Gasteiger partial charge on any atom is -0.348 e. The Hall–Kier alpha value is -1.06. The van der Waals surface area contributed by atoms with Gasteiger partial charge in [0.2, 0.25) is 5.91 Å². The molecule has 2 rings (SSSR count). The van der Waals surface area contributed by atoms with Crippen LogP contribution in [0.1, 0.15) is 56.7 Å². The number of hydrogen-bond acceptors (Lipinski definition) is 2. The van der Waals surface area contributed by atoms with Crippen LogP contribution in [0.2, 0.25) is 0 Å². The lowest BCUT2D eigenvalue weighted by atomic mass is 9.76. The van der Waals surface area contributed by atoms with Gasteiger partial charge in [0.15, 0.2) is 0 Å². The van der Waals surface area contributed by atoms with Crippen LogP contribution in [-0.2, 0) is 4.79 Å². The predicted molar refractivity (Wildman–Crippen MR) is 94.1 cm³/mol. The van der Waals surface area contributed by atoms with Gasteiger partial charge in [-0.05, 0) is 49.7 Å². The van der Waals surface area contributed by atoms with E-state index in [1.54, 1.807) is 6.92 Å². The van der Waals surface area contributed by atoms with E-state index in [0.717, 1.165) is 5.92 Å². The molecule has 4 heteroatoms. The smallest absolute Gasteiger partial charge is 0.237 e. The van der Waals surface area contributed by atoms with Gasteiger partial charge >= 0.3 is 0 Å². The second-order valence-electron chi connectivity index (χ2n) is 6.66. The Kier molecular flexibility index (Phi) is 7.37. The van der Waals surface area contributed by atoms with E-state index in [1.165, 1.54) is 36.8 Å². The van der Waals surface area contributed by atoms with Crippen molar-refractivity contribution in [3.8, 4) is 0 Å². The van der Waals surface area contributed by atoms with Gasteiger partial charge in [-0.2, -0.15) is 0 Å². The summed E-state index contributed by atoms with van der Waals surface area (Å²) in [6, 6.07) is 7.99. The molecule has 124 valence electrons. The number of halogens is 1. The first-order chi connectivity index (χ1) is 9.99. The monoisotopic (exact) mass is 324 g/mol. The van der Waals surface area contributed by atoms with Crippen LogP contribution in [0.3, 0.4) is 0 Å². The number of hydrogen-bond donors (Lipinski definition) is 2. The van der Waals surface area contributed by atoms with Crippen LogP contribution in [0, 0.1) is 18.8 Å². The highest BCUT2D eigenvalue weighted by Gasteiger charge is 2.30. The van der Waals surface area contributed by atoms with Crippen molar-refractivity contribution in [2.75, 3.05) is 0 Å². The fraction of sp³-hybridized carbons (Fsp3) is 0.611. The van der Waals surface area contributed by atoms with Crippen LogP contribution in [0.15, 0.2) is 24.3 Å². The molecular formula is C18H29ClN2O. The summed E-state index contributed by atoms with van der Waals surface area (Å²) in [7, 11) is 0. The Balaban J connectivity index is 0.00000242. The first-order valence-corrected chi connectivity index (χ1v) is 8.10. The lowest BCUT2D eigenvalue weighted by Gasteiger charge is -2.35. The molecule has 1 saturated carbocycles. The molecule has 3 nitrogen and oxygen atoms in total. The van der Waals surface area contributed by atoms with Gasteiger partial charge < -0.3 is 11.1 Å². The fourth-order valence-electron chi connectivity index (χ4n) is 3.45. The maximum atomic E-state index is 12.1. The molecule has 0 radical (unpaired) electrons. The number of nitrogens with one attached hydrogen (secondary N) is 1. The minimum absolute atomic E-state index is 0. The highest BCUT2D eigenvalue weighted by Crippen LogP contribution is 2.38. The summed E-state index contributed by atoms with van der Waals surface area (Å²) in [5.41, 5.74) is 8.23. The number of carbonyl (C=O) groups is 1. The normalized spacial score (nSPS) is 24.0. The van der Waals surface area contributed by atoms with Crippen molar-refractivity contribution in [1.82, 2.24) is 5.32 Å². The summed E-state index contributed by atoms with van der Waals surface area (Å²) in [6.45, 7) is 6.18. The molecule has 1 aromatic carbocycles. The standard InChI is InChI=1S/C18H28N2O.ClH/c1-12-7-6-9-15(11-12)17(20-18(21)14(3)19)16-10-5-4-8-13(16)2;/h4-5,8,10,12,14-15,17H,6-7,9,11,19H2,1-3H3,(H,20,21);1H/t12?,14-,15?,17?;/m0./s1. The van der Waals surface area contributed by atoms with E-state index < -0.39 is 6.04 Å². The van der Waals surface area contributed by atoms with Crippen LogP contribution in [0.4, 0.5) is 0 Å². The lowest BCUT2D eigenvalue weighted by Crippen LogP contribution is -2.43. The van der Waals surface area contributed by atoms with Crippen LogP contribution in [-0.4, -0.2) is 11.9 Å². The highest BCUT2D eigenvalue weighted by atomic mass is 35.5. The number of aryl methyl sites for hydroxylation is 1. The van der Waals surface area contributed by atoms with Gasteiger partial charge in [-0.25, -0.2) is 0 Å². The molecule has 0 bridgehead atoms. The zero-order valence-corrected chi connectivity index (χ0v) is 14.7. The Morgan fingerprint density at radius 3 is 2.59 bits per heavy atom. The van der Waals surface area contributed by atoms with Crippen LogP contribution in [0.5, 0.6) is 0 Å². The molecule has 1 amide bonds. The molecule has 3 N–H and O–H groups in total. The van der Waals surface area contributed by atoms with Crippen molar-refractivity contribution in [2.24, 2.45) is 17.6 Å². The quantitative estimate of drug-likeness (QED) is 0.886. The van der Waals surface area contributed by atoms with Gasteiger partial charge in [0.05, 0.1) is 12.1 Å². The number of carbonyl (C=O) groups excluding carboxylic acids is 1. The molecule has 1 fully saturated rings. The van der Waals surface area contributed by atoms with Crippen molar-refractivity contribution in [1.29, 1.82) is 0 Å². The van der Waals surface area contributed by atoms with E-state index in [2.05, 4.69) is 37.4 Å². The Bertz CT molecular complexity index is 490. The summed E-state index contributed by atoms with van der Waals surface area (Å²) in [6.07, 6.45) is 4.92. The summed E-state index contributed by atoms with van der Waals surface area (Å²) >= 11 is 0. The van der Waals surface area contributed by atoms with Crippen LogP contribution in [0.25, 0.3) is 0 Å². The zero-order valence-electron chi connectivity index (χ0n) is 13.8. The minimum atomic E-state index is -0.461. The molecule has 22 heavy (non-hydrogen) atoms. The topological polar surface area (TPSA) is 55.1 Å². The van der Waals surface area contributed by atoms with Gasteiger partial charge in [0.25, 0.3) is 0 Å². The van der Waals surface area contributed by atoms with Crippen molar-refractivity contribution < 1.29 is 4.79 Å². The van der Waals surface area contributed by atoms with Gasteiger partial charge in [-0.3, -0.25) is 4.79 Å². The van der Waals surface area contributed by atoms with E-state index in [9.17, 15) is 4.79 Å². The molecule has 0 aromatic heterocycles. The predicted octanol–water partition coefficient (Wildman–Crippen LogP) is 3.75.